The molecule has 2 rings (SSSR count). The van der Waals surface area contributed by atoms with Gasteiger partial charge in [0, 0.05) is 25.0 Å². The molecule has 0 saturated carbocycles. The standard InChI is InChI=1S/C16H21N5O4S/c1-10(2)18-16(23)19-11-5-4-6-12(7-11)20-26(24,25)13-8-14(15(17)22)21(3)9-13/h4-10,20H,1-3H3,(H2,17,22)(H2,18,19,23). The van der Waals surface area contributed by atoms with Crippen molar-refractivity contribution >= 4 is 33.3 Å². The highest BCUT2D eigenvalue weighted by atomic mass is 32.2. The lowest BCUT2D eigenvalue weighted by atomic mass is 10.3. The van der Waals surface area contributed by atoms with E-state index in [0.29, 0.717) is 5.69 Å². The van der Waals surface area contributed by atoms with Crippen molar-refractivity contribution in [2.24, 2.45) is 12.8 Å². The first-order valence-electron chi connectivity index (χ1n) is 7.75. The Morgan fingerprint density at radius 3 is 2.38 bits per heavy atom. The van der Waals surface area contributed by atoms with E-state index < -0.39 is 22.0 Å². The number of hydrogen-bond donors (Lipinski definition) is 4. The molecule has 0 spiro atoms. The first-order chi connectivity index (χ1) is 12.1. The number of nitrogens with zero attached hydrogens (tertiary/aromatic N) is 1. The van der Waals surface area contributed by atoms with E-state index in [4.69, 9.17) is 5.73 Å². The van der Waals surface area contributed by atoms with Crippen molar-refractivity contribution in [1.82, 2.24) is 9.88 Å². The summed E-state index contributed by atoms with van der Waals surface area (Å²) in [7, 11) is -2.39. The van der Waals surface area contributed by atoms with Gasteiger partial charge in [0.25, 0.3) is 15.9 Å². The molecule has 0 atom stereocenters. The number of hydrogen-bond acceptors (Lipinski definition) is 4. The molecule has 0 fully saturated rings. The Labute approximate surface area is 151 Å². The summed E-state index contributed by atoms with van der Waals surface area (Å²) in [5.74, 6) is -0.726. The number of primary amides is 1. The maximum atomic E-state index is 12.5. The summed E-state index contributed by atoms with van der Waals surface area (Å²) in [5.41, 5.74) is 5.96. The molecule has 1 aromatic carbocycles. The van der Waals surface area contributed by atoms with E-state index >= 15 is 0 Å². The summed E-state index contributed by atoms with van der Waals surface area (Å²) in [4.78, 5) is 22.9. The Bertz CT molecular complexity index is 934. The summed E-state index contributed by atoms with van der Waals surface area (Å²) >= 11 is 0. The van der Waals surface area contributed by atoms with Crippen LogP contribution in [0.5, 0.6) is 0 Å². The van der Waals surface area contributed by atoms with E-state index in [9.17, 15) is 18.0 Å². The molecule has 1 heterocycles. The van der Waals surface area contributed by atoms with Crippen LogP contribution in [-0.2, 0) is 17.1 Å². The molecule has 10 heteroatoms. The Balaban J connectivity index is 2.19. The molecule has 140 valence electrons. The number of carbonyl (C=O) groups excluding carboxylic acids is 2. The normalized spacial score (nSPS) is 11.2. The van der Waals surface area contributed by atoms with Gasteiger partial charge in [0.1, 0.15) is 10.6 Å². The van der Waals surface area contributed by atoms with Gasteiger partial charge in [-0.25, -0.2) is 13.2 Å². The maximum absolute atomic E-state index is 12.5. The van der Waals surface area contributed by atoms with E-state index in [2.05, 4.69) is 15.4 Å². The molecule has 0 aliphatic carbocycles. The minimum Gasteiger partial charge on any atom is -0.364 e. The second kappa shape index (κ2) is 7.48. The third-order valence-electron chi connectivity index (χ3n) is 3.34. The number of aromatic nitrogens is 1. The fourth-order valence-corrected chi connectivity index (χ4v) is 3.35. The highest BCUT2D eigenvalue weighted by Gasteiger charge is 2.19. The van der Waals surface area contributed by atoms with Crippen LogP contribution in [0.15, 0.2) is 41.4 Å². The quantitative estimate of drug-likeness (QED) is 0.604. The van der Waals surface area contributed by atoms with Crippen LogP contribution in [0.2, 0.25) is 0 Å². The zero-order chi connectivity index (χ0) is 19.5. The van der Waals surface area contributed by atoms with Crippen molar-refractivity contribution in [3.05, 3.63) is 42.2 Å². The number of nitrogens with one attached hydrogen (secondary N) is 3. The van der Waals surface area contributed by atoms with Crippen molar-refractivity contribution < 1.29 is 18.0 Å². The van der Waals surface area contributed by atoms with Gasteiger partial charge < -0.3 is 20.9 Å². The van der Waals surface area contributed by atoms with Crippen LogP contribution in [-0.4, -0.2) is 31.0 Å². The molecule has 0 aliphatic heterocycles. The number of nitrogens with two attached hydrogens (primary N) is 1. The summed E-state index contributed by atoms with van der Waals surface area (Å²) in [6, 6.07) is 7.02. The zero-order valence-electron chi connectivity index (χ0n) is 14.6. The molecule has 0 radical (unpaired) electrons. The number of rotatable bonds is 6. The number of anilines is 2. The van der Waals surface area contributed by atoms with Crippen LogP contribution in [0.25, 0.3) is 0 Å². The highest BCUT2D eigenvalue weighted by Crippen LogP contribution is 2.21. The Kier molecular flexibility index (Phi) is 5.56. The first-order valence-corrected chi connectivity index (χ1v) is 9.23. The van der Waals surface area contributed by atoms with E-state index in [-0.39, 0.29) is 22.3 Å². The van der Waals surface area contributed by atoms with E-state index in [0.717, 1.165) is 0 Å². The highest BCUT2D eigenvalue weighted by molar-refractivity contribution is 7.92. The van der Waals surface area contributed by atoms with Crippen molar-refractivity contribution in [2.75, 3.05) is 10.0 Å². The predicted molar refractivity (Wildman–Crippen MR) is 98.5 cm³/mol. The molecule has 9 nitrogen and oxygen atoms in total. The number of carbonyl (C=O) groups is 2. The van der Waals surface area contributed by atoms with Crippen molar-refractivity contribution in [3.63, 3.8) is 0 Å². The fourth-order valence-electron chi connectivity index (χ4n) is 2.23. The molecule has 0 aliphatic rings. The number of sulfonamides is 1. The van der Waals surface area contributed by atoms with Crippen molar-refractivity contribution in [3.8, 4) is 0 Å². The molecule has 0 bridgehead atoms. The molecule has 2 aromatic rings. The van der Waals surface area contributed by atoms with Crippen LogP contribution < -0.4 is 21.1 Å². The maximum Gasteiger partial charge on any atom is 0.319 e. The van der Waals surface area contributed by atoms with Gasteiger partial charge in [-0.15, -0.1) is 0 Å². The summed E-state index contributed by atoms with van der Waals surface area (Å²) in [6.45, 7) is 3.65. The zero-order valence-corrected chi connectivity index (χ0v) is 15.4. The van der Waals surface area contributed by atoms with Gasteiger partial charge in [-0.05, 0) is 38.1 Å². The summed E-state index contributed by atoms with van der Waals surface area (Å²) < 4.78 is 28.7. The fraction of sp³-hybridized carbons (Fsp3) is 0.250. The third-order valence-corrected chi connectivity index (χ3v) is 4.68. The lowest BCUT2D eigenvalue weighted by molar-refractivity contribution is 0.0992. The first kappa shape index (κ1) is 19.3. The second-order valence-electron chi connectivity index (χ2n) is 5.98. The van der Waals surface area contributed by atoms with E-state index in [1.807, 2.05) is 13.8 Å². The van der Waals surface area contributed by atoms with Crippen LogP contribution in [0, 0.1) is 0 Å². The molecular formula is C16H21N5O4S. The van der Waals surface area contributed by atoms with Gasteiger partial charge >= 0.3 is 6.03 Å². The van der Waals surface area contributed by atoms with Crippen LogP contribution in [0.1, 0.15) is 24.3 Å². The number of aryl methyl sites for hydroxylation is 1. The van der Waals surface area contributed by atoms with E-state index in [1.165, 1.54) is 29.9 Å². The second-order valence-corrected chi connectivity index (χ2v) is 7.66. The molecule has 1 aromatic heterocycles. The topological polar surface area (TPSA) is 135 Å². The Hall–Kier alpha value is -3.01. The minimum absolute atomic E-state index is 0.0331. The van der Waals surface area contributed by atoms with Gasteiger partial charge in [-0.3, -0.25) is 9.52 Å². The Morgan fingerprint density at radius 2 is 1.81 bits per heavy atom. The largest absolute Gasteiger partial charge is 0.364 e. The average Bonchev–Trinajstić information content (AvgIpc) is 2.89. The van der Waals surface area contributed by atoms with Crippen molar-refractivity contribution in [2.45, 2.75) is 24.8 Å². The summed E-state index contributed by atoms with van der Waals surface area (Å²) in [5, 5.41) is 5.29. The van der Waals surface area contributed by atoms with E-state index in [1.54, 1.807) is 18.2 Å². The lowest BCUT2D eigenvalue weighted by Gasteiger charge is -2.12. The summed E-state index contributed by atoms with van der Waals surface area (Å²) in [6.07, 6.45) is 1.29. The molecule has 0 saturated heterocycles. The Morgan fingerprint density at radius 1 is 1.15 bits per heavy atom. The molecule has 5 N–H and O–H groups in total. The van der Waals surface area contributed by atoms with Crippen LogP contribution in [0.4, 0.5) is 16.2 Å². The van der Waals surface area contributed by atoms with Gasteiger partial charge in [0.05, 0.1) is 5.69 Å². The molecule has 0 unspecified atom stereocenters. The average molecular weight is 379 g/mol. The smallest absolute Gasteiger partial charge is 0.319 e. The predicted octanol–water partition coefficient (Wildman–Crippen LogP) is 1.45. The van der Waals surface area contributed by atoms with Crippen LogP contribution in [0.3, 0.4) is 0 Å². The number of urea groups is 1. The molecule has 26 heavy (non-hydrogen) atoms. The lowest BCUT2D eigenvalue weighted by Crippen LogP contribution is -2.34. The van der Waals surface area contributed by atoms with Gasteiger partial charge in [0.2, 0.25) is 0 Å². The third kappa shape index (κ3) is 4.76. The SMILES string of the molecule is CC(C)NC(=O)Nc1cccc(NS(=O)(=O)c2cc(C(N)=O)n(C)c2)c1. The van der Waals surface area contributed by atoms with Crippen LogP contribution >= 0.6 is 0 Å². The monoisotopic (exact) mass is 379 g/mol. The number of amides is 3. The van der Waals surface area contributed by atoms with Crippen molar-refractivity contribution in [1.29, 1.82) is 0 Å². The van der Waals surface area contributed by atoms with Gasteiger partial charge in [0.15, 0.2) is 0 Å². The van der Waals surface area contributed by atoms with Gasteiger partial charge in [-0.2, -0.15) is 0 Å². The number of benzene rings is 1. The van der Waals surface area contributed by atoms with Gasteiger partial charge in [-0.1, -0.05) is 6.07 Å². The molecular weight excluding hydrogens is 358 g/mol. The molecule has 3 amide bonds. The minimum atomic E-state index is -3.92.